The molecule has 1 heterocycles. The van der Waals surface area contributed by atoms with Gasteiger partial charge >= 0.3 is 0 Å². The van der Waals surface area contributed by atoms with Gasteiger partial charge in [-0.3, -0.25) is 9.59 Å². The molecule has 0 radical (unpaired) electrons. The van der Waals surface area contributed by atoms with Crippen molar-refractivity contribution >= 4 is 27.5 Å². The molecule has 1 aliphatic heterocycles. The van der Waals surface area contributed by atoms with Crippen molar-refractivity contribution in [2.75, 3.05) is 5.32 Å². The molecule has 2 aromatic rings. The van der Waals surface area contributed by atoms with Crippen molar-refractivity contribution in [3.63, 3.8) is 0 Å². The van der Waals surface area contributed by atoms with E-state index in [4.69, 9.17) is 0 Å². The highest BCUT2D eigenvalue weighted by molar-refractivity contribution is 7.89. The molecule has 1 N–H and O–H groups in total. The Morgan fingerprint density at radius 3 is 2.44 bits per heavy atom. The third kappa shape index (κ3) is 3.68. The lowest BCUT2D eigenvalue weighted by Crippen LogP contribution is -2.45. The van der Waals surface area contributed by atoms with Crippen LogP contribution in [0.3, 0.4) is 0 Å². The predicted octanol–water partition coefficient (Wildman–Crippen LogP) is 2.59. The summed E-state index contributed by atoms with van der Waals surface area (Å²) in [5, 5.41) is 2.22. The summed E-state index contributed by atoms with van der Waals surface area (Å²) in [7, 11) is -4.24. The zero-order valence-corrected chi connectivity index (χ0v) is 15.1. The Balaban J connectivity index is 1.89. The number of carbonyl (C=O) groups excluding carboxylic acids is 2. The molecule has 142 valence electrons. The molecule has 0 bridgehead atoms. The number of aryl methyl sites for hydroxylation is 1. The summed E-state index contributed by atoms with van der Waals surface area (Å²) in [6.45, 7) is 1.78. The van der Waals surface area contributed by atoms with E-state index in [9.17, 15) is 26.8 Å². The molecule has 0 saturated carbocycles. The van der Waals surface area contributed by atoms with E-state index >= 15 is 0 Å². The molecule has 1 fully saturated rings. The average molecular weight is 394 g/mol. The largest absolute Gasteiger partial charge is 0.322 e. The first-order valence-corrected chi connectivity index (χ1v) is 9.54. The fraction of sp³-hybridized carbons (Fsp3) is 0.222. The van der Waals surface area contributed by atoms with Gasteiger partial charge in [0.2, 0.25) is 11.8 Å². The predicted molar refractivity (Wildman–Crippen MR) is 93.2 cm³/mol. The van der Waals surface area contributed by atoms with Crippen LogP contribution >= 0.6 is 0 Å². The number of nitrogens with zero attached hydrogens (tertiary/aromatic N) is 1. The van der Waals surface area contributed by atoms with Gasteiger partial charge in [0, 0.05) is 12.5 Å². The van der Waals surface area contributed by atoms with Gasteiger partial charge in [0.1, 0.15) is 17.7 Å². The van der Waals surface area contributed by atoms with Gasteiger partial charge in [0.15, 0.2) is 0 Å². The molecule has 0 aliphatic carbocycles. The van der Waals surface area contributed by atoms with E-state index < -0.39 is 39.5 Å². The molecular formula is C18H16F2N2O4S. The van der Waals surface area contributed by atoms with Crippen LogP contribution in [0.4, 0.5) is 14.5 Å². The topological polar surface area (TPSA) is 83.6 Å². The minimum atomic E-state index is -4.24. The van der Waals surface area contributed by atoms with Crippen molar-refractivity contribution in [3.8, 4) is 0 Å². The number of anilines is 1. The van der Waals surface area contributed by atoms with Crippen molar-refractivity contribution in [1.29, 1.82) is 0 Å². The van der Waals surface area contributed by atoms with Crippen molar-refractivity contribution < 1.29 is 26.8 Å². The van der Waals surface area contributed by atoms with Crippen LogP contribution in [0.2, 0.25) is 0 Å². The summed E-state index contributed by atoms with van der Waals surface area (Å²) in [5.41, 5.74) is 0.538. The SMILES string of the molecule is Cc1ccc(S(=O)(=O)N2C(=O)CCC2C(=O)Nc2ccc(F)cc2F)cc1. The first-order valence-electron chi connectivity index (χ1n) is 8.10. The summed E-state index contributed by atoms with van der Waals surface area (Å²) in [6.07, 6.45) is -0.159. The molecule has 1 saturated heterocycles. The van der Waals surface area contributed by atoms with E-state index in [1.54, 1.807) is 19.1 Å². The van der Waals surface area contributed by atoms with Gasteiger partial charge < -0.3 is 5.32 Å². The smallest absolute Gasteiger partial charge is 0.267 e. The number of hydrogen-bond acceptors (Lipinski definition) is 4. The number of benzene rings is 2. The molecule has 0 aromatic heterocycles. The number of hydrogen-bond donors (Lipinski definition) is 1. The minimum absolute atomic E-state index is 0.0292. The van der Waals surface area contributed by atoms with Gasteiger partial charge in [0.25, 0.3) is 10.0 Å². The molecule has 1 aliphatic rings. The van der Waals surface area contributed by atoms with Crippen LogP contribution in [-0.2, 0) is 19.6 Å². The van der Waals surface area contributed by atoms with Crippen LogP contribution in [0, 0.1) is 18.6 Å². The molecule has 0 spiro atoms. The molecule has 9 heteroatoms. The highest BCUT2D eigenvalue weighted by Gasteiger charge is 2.44. The number of rotatable bonds is 4. The Labute approximate surface area is 154 Å². The normalized spacial score (nSPS) is 17.2. The van der Waals surface area contributed by atoms with E-state index in [2.05, 4.69) is 5.32 Å². The number of carbonyl (C=O) groups is 2. The Hall–Kier alpha value is -2.81. The fourth-order valence-corrected chi connectivity index (χ4v) is 4.43. The number of nitrogens with one attached hydrogen (secondary N) is 1. The van der Waals surface area contributed by atoms with Gasteiger partial charge in [-0.05, 0) is 37.6 Å². The molecule has 2 aromatic carbocycles. The van der Waals surface area contributed by atoms with Crippen LogP contribution < -0.4 is 5.32 Å². The Bertz CT molecular complexity index is 1010. The second kappa shape index (κ2) is 7.07. The van der Waals surface area contributed by atoms with Crippen LogP contribution in [0.25, 0.3) is 0 Å². The third-order valence-corrected chi connectivity index (χ3v) is 6.07. The first-order chi connectivity index (χ1) is 12.7. The van der Waals surface area contributed by atoms with Crippen molar-refractivity contribution in [2.45, 2.75) is 30.7 Å². The standard InChI is InChI=1S/C18H16F2N2O4S/c1-11-2-5-13(6-3-11)27(25,26)22-16(8-9-17(22)23)18(24)21-15-7-4-12(19)10-14(15)20/h2-7,10,16H,8-9H2,1H3,(H,21,24). The lowest BCUT2D eigenvalue weighted by Gasteiger charge is -2.24. The zero-order chi connectivity index (χ0) is 19.8. The minimum Gasteiger partial charge on any atom is -0.322 e. The molecule has 2 amide bonds. The van der Waals surface area contributed by atoms with E-state index in [0.717, 1.165) is 17.7 Å². The molecule has 1 unspecified atom stereocenters. The molecule has 3 rings (SSSR count). The van der Waals surface area contributed by atoms with Gasteiger partial charge in [-0.25, -0.2) is 21.5 Å². The average Bonchev–Trinajstić information content (AvgIpc) is 3.00. The number of amides is 2. The van der Waals surface area contributed by atoms with E-state index in [1.807, 2.05) is 0 Å². The Morgan fingerprint density at radius 1 is 1.15 bits per heavy atom. The lowest BCUT2D eigenvalue weighted by atomic mass is 10.2. The second-order valence-corrected chi connectivity index (χ2v) is 7.99. The lowest BCUT2D eigenvalue weighted by molar-refractivity contribution is -0.128. The number of sulfonamides is 1. The summed E-state index contributed by atoms with van der Waals surface area (Å²) in [4.78, 5) is 24.6. The highest BCUT2D eigenvalue weighted by atomic mass is 32.2. The van der Waals surface area contributed by atoms with Gasteiger partial charge in [-0.1, -0.05) is 17.7 Å². The summed E-state index contributed by atoms with van der Waals surface area (Å²) in [6, 6.07) is 7.13. The van der Waals surface area contributed by atoms with E-state index in [1.165, 1.54) is 12.1 Å². The van der Waals surface area contributed by atoms with Crippen molar-refractivity contribution in [1.82, 2.24) is 4.31 Å². The van der Waals surface area contributed by atoms with Gasteiger partial charge in [0.05, 0.1) is 10.6 Å². The first kappa shape index (κ1) is 19.0. The van der Waals surface area contributed by atoms with Crippen molar-refractivity contribution in [3.05, 3.63) is 59.7 Å². The molecule has 27 heavy (non-hydrogen) atoms. The molecule has 6 nitrogen and oxygen atoms in total. The maximum atomic E-state index is 13.8. The van der Waals surface area contributed by atoms with E-state index in [-0.39, 0.29) is 23.4 Å². The summed E-state index contributed by atoms with van der Waals surface area (Å²) in [5.74, 6) is -3.39. The summed E-state index contributed by atoms with van der Waals surface area (Å²) < 4.78 is 53.0. The quantitative estimate of drug-likeness (QED) is 0.864. The van der Waals surface area contributed by atoms with Crippen LogP contribution in [-0.4, -0.2) is 30.6 Å². The van der Waals surface area contributed by atoms with Crippen LogP contribution in [0.5, 0.6) is 0 Å². The highest BCUT2D eigenvalue weighted by Crippen LogP contribution is 2.28. The second-order valence-electron chi connectivity index (χ2n) is 6.18. The third-order valence-electron chi connectivity index (χ3n) is 4.23. The monoisotopic (exact) mass is 394 g/mol. The zero-order valence-electron chi connectivity index (χ0n) is 14.3. The van der Waals surface area contributed by atoms with Gasteiger partial charge in [-0.15, -0.1) is 0 Å². The van der Waals surface area contributed by atoms with E-state index in [0.29, 0.717) is 10.4 Å². The maximum absolute atomic E-state index is 13.8. The van der Waals surface area contributed by atoms with Crippen molar-refractivity contribution in [2.24, 2.45) is 0 Å². The molecular weight excluding hydrogens is 378 g/mol. The van der Waals surface area contributed by atoms with Crippen LogP contribution in [0.1, 0.15) is 18.4 Å². The number of halogens is 2. The molecule has 1 atom stereocenters. The maximum Gasteiger partial charge on any atom is 0.267 e. The van der Waals surface area contributed by atoms with Gasteiger partial charge in [-0.2, -0.15) is 0 Å². The van der Waals surface area contributed by atoms with Crippen LogP contribution in [0.15, 0.2) is 47.4 Å². The Kier molecular flexibility index (Phi) is 4.97. The fourth-order valence-electron chi connectivity index (χ4n) is 2.83. The Morgan fingerprint density at radius 2 is 1.81 bits per heavy atom. The summed E-state index contributed by atoms with van der Waals surface area (Å²) >= 11 is 0.